The zero-order chi connectivity index (χ0) is 18.3. The molecule has 0 aromatic heterocycles. The molecule has 1 aromatic carbocycles. The molecule has 0 aliphatic rings. The van der Waals surface area contributed by atoms with Gasteiger partial charge in [0.1, 0.15) is 12.2 Å². The van der Waals surface area contributed by atoms with Crippen molar-refractivity contribution in [3.63, 3.8) is 0 Å². The maximum atomic E-state index is 11.9. The number of ether oxygens (including phenoxy) is 3. The molecule has 0 spiro atoms. The first-order chi connectivity index (χ1) is 11.2. The highest BCUT2D eigenvalue weighted by Crippen LogP contribution is 2.20. The van der Waals surface area contributed by atoms with Gasteiger partial charge in [-0.1, -0.05) is 12.7 Å². The molecule has 0 saturated heterocycles. The maximum Gasteiger partial charge on any atom is 0.412 e. The van der Waals surface area contributed by atoms with E-state index in [4.69, 9.17) is 9.47 Å². The van der Waals surface area contributed by atoms with Crippen LogP contribution in [0.5, 0.6) is 0 Å². The van der Waals surface area contributed by atoms with Crippen LogP contribution >= 0.6 is 0 Å². The number of methoxy groups -OCH3 is 1. The van der Waals surface area contributed by atoms with Crippen molar-refractivity contribution in [3.8, 4) is 0 Å². The van der Waals surface area contributed by atoms with Crippen molar-refractivity contribution in [1.29, 1.82) is 0 Å². The molecular formula is C17H21NO6. The van der Waals surface area contributed by atoms with Crippen molar-refractivity contribution in [3.05, 3.63) is 42.0 Å². The summed E-state index contributed by atoms with van der Waals surface area (Å²) in [6, 6.07) is 4.11. The second-order valence-corrected chi connectivity index (χ2v) is 5.77. The number of carbonyl (C=O) groups is 3. The van der Waals surface area contributed by atoms with Gasteiger partial charge in [-0.2, -0.15) is 0 Å². The summed E-state index contributed by atoms with van der Waals surface area (Å²) >= 11 is 0. The van der Waals surface area contributed by atoms with Gasteiger partial charge in [-0.05, 0) is 39.0 Å². The Kier molecular flexibility index (Phi) is 6.52. The number of amides is 1. The summed E-state index contributed by atoms with van der Waals surface area (Å²) in [7, 11) is 1.20. The predicted molar refractivity (Wildman–Crippen MR) is 88.1 cm³/mol. The quantitative estimate of drug-likeness (QED) is 0.505. The summed E-state index contributed by atoms with van der Waals surface area (Å²) in [6.45, 7) is 8.64. The molecule has 0 unspecified atom stereocenters. The van der Waals surface area contributed by atoms with E-state index in [0.29, 0.717) is 0 Å². The number of anilines is 1. The topological polar surface area (TPSA) is 90.9 Å². The lowest BCUT2D eigenvalue weighted by Gasteiger charge is -2.20. The van der Waals surface area contributed by atoms with Crippen LogP contribution in [0.15, 0.2) is 30.9 Å². The van der Waals surface area contributed by atoms with Gasteiger partial charge in [-0.25, -0.2) is 14.4 Å². The number of carbonyl (C=O) groups excluding carboxylic acids is 3. The zero-order valence-electron chi connectivity index (χ0n) is 14.2. The smallest absolute Gasteiger partial charge is 0.412 e. The molecule has 1 rings (SSSR count). The predicted octanol–water partition coefficient (Wildman–Crippen LogP) is 3.16. The van der Waals surface area contributed by atoms with E-state index < -0.39 is 23.6 Å². The fourth-order valence-electron chi connectivity index (χ4n) is 1.69. The van der Waals surface area contributed by atoms with Gasteiger partial charge in [0.15, 0.2) is 0 Å². The SMILES string of the molecule is C=CCOC(=O)c1ccc(NC(=O)OC(C)(C)C)c(C(=O)OC)c1. The van der Waals surface area contributed by atoms with Crippen molar-refractivity contribution >= 4 is 23.7 Å². The lowest BCUT2D eigenvalue weighted by atomic mass is 10.1. The van der Waals surface area contributed by atoms with Crippen molar-refractivity contribution in [2.45, 2.75) is 26.4 Å². The maximum absolute atomic E-state index is 11.9. The Morgan fingerprint density at radius 3 is 2.42 bits per heavy atom. The minimum atomic E-state index is -0.727. The highest BCUT2D eigenvalue weighted by molar-refractivity contribution is 6.02. The first-order valence-corrected chi connectivity index (χ1v) is 7.18. The molecule has 1 amide bonds. The molecule has 130 valence electrons. The van der Waals surface area contributed by atoms with Crippen LogP contribution in [0.2, 0.25) is 0 Å². The normalized spacial score (nSPS) is 10.5. The zero-order valence-corrected chi connectivity index (χ0v) is 14.2. The molecule has 1 N–H and O–H groups in total. The van der Waals surface area contributed by atoms with E-state index in [1.807, 2.05) is 0 Å². The number of hydrogen-bond donors (Lipinski definition) is 1. The summed E-state index contributed by atoms with van der Waals surface area (Å²) in [4.78, 5) is 35.6. The summed E-state index contributed by atoms with van der Waals surface area (Å²) in [5, 5.41) is 2.46. The van der Waals surface area contributed by atoms with E-state index in [9.17, 15) is 14.4 Å². The third-order valence-corrected chi connectivity index (χ3v) is 2.63. The molecule has 0 bridgehead atoms. The molecule has 0 atom stereocenters. The van der Waals surface area contributed by atoms with Gasteiger partial charge in [0.05, 0.1) is 23.9 Å². The van der Waals surface area contributed by atoms with Gasteiger partial charge in [-0.3, -0.25) is 5.32 Å². The van der Waals surface area contributed by atoms with Crippen LogP contribution in [-0.4, -0.2) is 37.3 Å². The first-order valence-electron chi connectivity index (χ1n) is 7.18. The molecule has 0 aliphatic heterocycles. The van der Waals surface area contributed by atoms with Crippen LogP contribution in [0, 0.1) is 0 Å². The van der Waals surface area contributed by atoms with Crippen molar-refractivity contribution < 1.29 is 28.6 Å². The fourth-order valence-corrected chi connectivity index (χ4v) is 1.69. The average molecular weight is 335 g/mol. The Bertz CT molecular complexity index is 645. The molecule has 0 heterocycles. The third kappa shape index (κ3) is 5.75. The molecule has 7 nitrogen and oxygen atoms in total. The van der Waals surface area contributed by atoms with Gasteiger partial charge >= 0.3 is 18.0 Å². The highest BCUT2D eigenvalue weighted by atomic mass is 16.6. The van der Waals surface area contributed by atoms with Gasteiger partial charge in [0, 0.05) is 0 Å². The van der Waals surface area contributed by atoms with Crippen LogP contribution in [-0.2, 0) is 14.2 Å². The summed E-state index contributed by atoms with van der Waals surface area (Å²) in [5.74, 6) is -1.33. The molecule has 7 heteroatoms. The number of rotatable bonds is 5. The lowest BCUT2D eigenvalue weighted by Crippen LogP contribution is -2.28. The monoisotopic (exact) mass is 335 g/mol. The Balaban J connectivity index is 3.07. The van der Waals surface area contributed by atoms with Crippen LogP contribution in [0.4, 0.5) is 10.5 Å². The summed E-state index contributed by atoms with van der Waals surface area (Å²) in [5.41, 5.74) is -0.371. The molecule has 24 heavy (non-hydrogen) atoms. The van der Waals surface area contributed by atoms with Gasteiger partial charge in [0.2, 0.25) is 0 Å². The Hall–Kier alpha value is -2.83. The van der Waals surface area contributed by atoms with Crippen LogP contribution in [0.1, 0.15) is 41.5 Å². The number of hydrogen-bond acceptors (Lipinski definition) is 6. The Morgan fingerprint density at radius 1 is 1.21 bits per heavy atom. The highest BCUT2D eigenvalue weighted by Gasteiger charge is 2.21. The average Bonchev–Trinajstić information content (AvgIpc) is 2.50. The molecule has 0 fully saturated rings. The Morgan fingerprint density at radius 2 is 1.88 bits per heavy atom. The molecule has 0 radical (unpaired) electrons. The van der Waals surface area contributed by atoms with Gasteiger partial charge in [0.25, 0.3) is 0 Å². The van der Waals surface area contributed by atoms with E-state index in [-0.39, 0.29) is 23.4 Å². The number of esters is 2. The Labute approximate surface area is 140 Å². The third-order valence-electron chi connectivity index (χ3n) is 2.63. The minimum absolute atomic E-state index is 0.0106. The molecule has 1 aromatic rings. The van der Waals surface area contributed by atoms with E-state index in [0.717, 1.165) is 0 Å². The van der Waals surface area contributed by atoms with E-state index >= 15 is 0 Å². The standard InChI is InChI=1S/C17H21NO6/c1-6-9-23-14(19)11-7-8-13(12(10-11)15(20)22-5)18-16(21)24-17(2,3)4/h6-8,10H,1,9H2,2-5H3,(H,18,21). The van der Waals surface area contributed by atoms with Gasteiger partial charge < -0.3 is 14.2 Å². The van der Waals surface area contributed by atoms with Crippen molar-refractivity contribution in [2.75, 3.05) is 19.0 Å². The fraction of sp³-hybridized carbons (Fsp3) is 0.353. The van der Waals surface area contributed by atoms with E-state index in [1.165, 1.54) is 31.4 Å². The lowest BCUT2D eigenvalue weighted by molar-refractivity contribution is 0.0549. The summed E-state index contributed by atoms with van der Waals surface area (Å²) < 4.78 is 14.7. The second-order valence-electron chi connectivity index (χ2n) is 5.77. The van der Waals surface area contributed by atoms with E-state index in [2.05, 4.69) is 16.6 Å². The molecule has 0 saturated carbocycles. The van der Waals surface area contributed by atoms with Crippen molar-refractivity contribution in [1.82, 2.24) is 0 Å². The van der Waals surface area contributed by atoms with Gasteiger partial charge in [-0.15, -0.1) is 0 Å². The minimum Gasteiger partial charge on any atom is -0.465 e. The number of nitrogens with one attached hydrogen (secondary N) is 1. The van der Waals surface area contributed by atoms with Crippen molar-refractivity contribution in [2.24, 2.45) is 0 Å². The second kappa shape index (κ2) is 8.14. The first kappa shape index (κ1) is 19.2. The van der Waals surface area contributed by atoms with Crippen LogP contribution in [0.25, 0.3) is 0 Å². The van der Waals surface area contributed by atoms with E-state index in [1.54, 1.807) is 20.8 Å². The van der Waals surface area contributed by atoms with Crippen LogP contribution < -0.4 is 5.32 Å². The largest absolute Gasteiger partial charge is 0.465 e. The molecule has 0 aliphatic carbocycles. The summed E-state index contributed by atoms with van der Waals surface area (Å²) in [6.07, 6.45) is 0.701. The molecular weight excluding hydrogens is 314 g/mol. The number of benzene rings is 1. The van der Waals surface area contributed by atoms with Crippen LogP contribution in [0.3, 0.4) is 0 Å².